The molecule has 2 bridgehead atoms. The molecule has 4 fully saturated rings. The monoisotopic (exact) mass is 504 g/mol. The zero-order valence-corrected chi connectivity index (χ0v) is 21.0. The van der Waals surface area contributed by atoms with Crippen LogP contribution < -0.4 is 15.0 Å². The number of benzene rings is 2. The van der Waals surface area contributed by atoms with Gasteiger partial charge < -0.3 is 14.2 Å². The van der Waals surface area contributed by atoms with Crippen molar-refractivity contribution in [3.8, 4) is 17.2 Å². The SMILES string of the molecule is O=c1c2ccc(OC[C@H]3CCCO3)cc2ccn1-c1ccc(OC2CC3CC[C@H](C2)N3C2CC2)c(F)c1. The largest absolute Gasteiger partial charge is 0.491 e. The molecule has 37 heavy (non-hydrogen) atoms. The maximum Gasteiger partial charge on any atom is 0.262 e. The number of hydrogen-bond donors (Lipinski definition) is 0. The Morgan fingerprint density at radius 1 is 0.946 bits per heavy atom. The van der Waals surface area contributed by atoms with Gasteiger partial charge in [-0.05, 0) is 93.2 Å². The van der Waals surface area contributed by atoms with Crippen molar-refractivity contribution >= 4 is 10.8 Å². The smallest absolute Gasteiger partial charge is 0.262 e. The average molecular weight is 505 g/mol. The molecule has 1 aromatic heterocycles. The van der Waals surface area contributed by atoms with Gasteiger partial charge in [-0.1, -0.05) is 0 Å². The van der Waals surface area contributed by atoms with E-state index in [1.54, 1.807) is 24.4 Å². The normalized spacial score (nSPS) is 27.6. The molecular formula is C30H33FN2O4. The molecule has 3 saturated heterocycles. The van der Waals surface area contributed by atoms with Gasteiger partial charge in [0, 0.05) is 42.4 Å². The number of fused-ring (bicyclic) bond motifs is 3. The van der Waals surface area contributed by atoms with Gasteiger partial charge in [0.2, 0.25) is 0 Å². The summed E-state index contributed by atoms with van der Waals surface area (Å²) in [6, 6.07) is 14.1. The number of hydrogen-bond acceptors (Lipinski definition) is 5. The zero-order valence-electron chi connectivity index (χ0n) is 21.0. The van der Waals surface area contributed by atoms with Crippen LogP contribution in [0.5, 0.6) is 11.5 Å². The Bertz CT molecular complexity index is 1350. The number of nitrogens with zero attached hydrogens (tertiary/aromatic N) is 2. The summed E-state index contributed by atoms with van der Waals surface area (Å²) in [5.74, 6) is 0.554. The van der Waals surface area contributed by atoms with Crippen molar-refractivity contribution in [2.24, 2.45) is 0 Å². The molecule has 194 valence electrons. The summed E-state index contributed by atoms with van der Waals surface area (Å²) in [6.45, 7) is 1.30. The lowest BCUT2D eigenvalue weighted by Crippen LogP contribution is -2.47. The van der Waals surface area contributed by atoms with Gasteiger partial charge in [0.15, 0.2) is 11.6 Å². The van der Waals surface area contributed by atoms with Crippen molar-refractivity contribution in [1.29, 1.82) is 0 Å². The minimum Gasteiger partial charge on any atom is -0.491 e. The maximum absolute atomic E-state index is 15.1. The van der Waals surface area contributed by atoms with Gasteiger partial charge in [0.25, 0.3) is 5.56 Å². The van der Waals surface area contributed by atoms with E-state index >= 15 is 4.39 Å². The molecule has 4 atom stereocenters. The molecule has 1 saturated carbocycles. The van der Waals surface area contributed by atoms with Crippen LogP contribution in [-0.4, -0.2) is 53.0 Å². The lowest BCUT2D eigenvalue weighted by Gasteiger charge is -2.39. The van der Waals surface area contributed by atoms with E-state index in [0.717, 1.165) is 43.7 Å². The Hall–Kier alpha value is -2.90. The van der Waals surface area contributed by atoms with Crippen LogP contribution in [0.3, 0.4) is 0 Å². The van der Waals surface area contributed by atoms with E-state index in [1.165, 1.54) is 36.3 Å². The Balaban J connectivity index is 1.06. The lowest BCUT2D eigenvalue weighted by molar-refractivity contribution is 0.0424. The molecule has 4 aliphatic rings. The highest BCUT2D eigenvalue weighted by molar-refractivity contribution is 5.83. The van der Waals surface area contributed by atoms with Gasteiger partial charge >= 0.3 is 0 Å². The van der Waals surface area contributed by atoms with Gasteiger partial charge in [-0.25, -0.2) is 4.39 Å². The summed E-state index contributed by atoms with van der Waals surface area (Å²) in [5, 5.41) is 1.35. The number of pyridine rings is 1. The first kappa shape index (κ1) is 23.2. The topological polar surface area (TPSA) is 52.9 Å². The quantitative estimate of drug-likeness (QED) is 0.441. The molecule has 4 heterocycles. The summed E-state index contributed by atoms with van der Waals surface area (Å²) in [5.41, 5.74) is 0.291. The molecular weight excluding hydrogens is 471 g/mol. The standard InChI is InChI=1S/C30H33FN2O4/c31-28-17-21(7-10-29(28)37-26-15-22-5-6-23(16-26)33(22)20-3-4-20)32-12-11-19-14-24(8-9-27(19)30(32)34)36-18-25-2-1-13-35-25/h7-12,14,17,20,22-23,25-26H,1-6,13,15-16,18H2/t22-,23?,25-,26?/m1/s1. The average Bonchev–Trinajstić information content (AvgIpc) is 3.53. The van der Waals surface area contributed by atoms with Crippen molar-refractivity contribution in [3.63, 3.8) is 0 Å². The predicted molar refractivity (Wildman–Crippen MR) is 139 cm³/mol. The minimum absolute atomic E-state index is 0.0490. The maximum atomic E-state index is 15.1. The summed E-state index contributed by atoms with van der Waals surface area (Å²) >= 11 is 0. The van der Waals surface area contributed by atoms with Crippen LogP contribution in [0.1, 0.15) is 51.4 Å². The summed E-state index contributed by atoms with van der Waals surface area (Å²) < 4.78 is 34.3. The number of ether oxygens (including phenoxy) is 3. The molecule has 3 aromatic rings. The van der Waals surface area contributed by atoms with Crippen molar-refractivity contribution in [2.45, 2.75) is 81.7 Å². The van der Waals surface area contributed by atoms with Crippen LogP contribution in [0.4, 0.5) is 4.39 Å². The van der Waals surface area contributed by atoms with Gasteiger partial charge in [-0.2, -0.15) is 0 Å². The molecule has 0 N–H and O–H groups in total. The first-order valence-electron chi connectivity index (χ1n) is 13.8. The predicted octanol–water partition coefficient (Wildman–Crippen LogP) is 5.22. The van der Waals surface area contributed by atoms with Crippen molar-refractivity contribution in [1.82, 2.24) is 9.47 Å². The van der Waals surface area contributed by atoms with Crippen LogP contribution in [0, 0.1) is 5.82 Å². The molecule has 0 radical (unpaired) electrons. The van der Waals surface area contributed by atoms with Crippen LogP contribution in [0.25, 0.3) is 16.5 Å². The van der Waals surface area contributed by atoms with E-state index in [2.05, 4.69) is 4.90 Å². The minimum atomic E-state index is -0.431. The first-order chi connectivity index (χ1) is 18.1. The molecule has 2 unspecified atom stereocenters. The Labute approximate surface area is 215 Å². The second-order valence-electron chi connectivity index (χ2n) is 11.1. The third-order valence-electron chi connectivity index (χ3n) is 8.54. The van der Waals surface area contributed by atoms with Gasteiger partial charge in [-0.3, -0.25) is 14.3 Å². The van der Waals surface area contributed by atoms with E-state index in [4.69, 9.17) is 14.2 Å². The van der Waals surface area contributed by atoms with E-state index < -0.39 is 5.82 Å². The highest BCUT2D eigenvalue weighted by atomic mass is 19.1. The zero-order chi connectivity index (χ0) is 24.9. The van der Waals surface area contributed by atoms with E-state index in [1.807, 2.05) is 18.2 Å². The fourth-order valence-electron chi connectivity index (χ4n) is 6.63. The summed E-state index contributed by atoms with van der Waals surface area (Å²) in [6.07, 6.45) is 11.0. The number of aromatic nitrogens is 1. The van der Waals surface area contributed by atoms with Gasteiger partial charge in [0.1, 0.15) is 18.5 Å². The fraction of sp³-hybridized carbons (Fsp3) is 0.500. The van der Waals surface area contributed by atoms with Crippen LogP contribution in [0.15, 0.2) is 53.5 Å². The third kappa shape index (κ3) is 4.53. The van der Waals surface area contributed by atoms with Gasteiger partial charge in [0.05, 0.1) is 11.8 Å². The molecule has 0 amide bonds. The fourth-order valence-corrected chi connectivity index (χ4v) is 6.63. The van der Waals surface area contributed by atoms with Crippen molar-refractivity contribution < 1.29 is 18.6 Å². The lowest BCUT2D eigenvalue weighted by atomic mass is 9.99. The van der Waals surface area contributed by atoms with E-state index in [0.29, 0.717) is 35.5 Å². The van der Waals surface area contributed by atoms with E-state index in [9.17, 15) is 4.79 Å². The van der Waals surface area contributed by atoms with Crippen LogP contribution in [-0.2, 0) is 4.74 Å². The molecule has 2 aromatic carbocycles. The highest BCUT2D eigenvalue weighted by Crippen LogP contribution is 2.44. The summed E-state index contributed by atoms with van der Waals surface area (Å²) in [4.78, 5) is 15.9. The van der Waals surface area contributed by atoms with Crippen LogP contribution >= 0.6 is 0 Å². The number of piperidine rings is 1. The van der Waals surface area contributed by atoms with Crippen molar-refractivity contribution in [2.75, 3.05) is 13.2 Å². The second kappa shape index (κ2) is 9.44. The van der Waals surface area contributed by atoms with Crippen LogP contribution in [0.2, 0.25) is 0 Å². The molecule has 3 aliphatic heterocycles. The van der Waals surface area contributed by atoms with E-state index in [-0.39, 0.29) is 23.5 Å². The molecule has 1 aliphatic carbocycles. The number of rotatable bonds is 7. The Morgan fingerprint density at radius 2 is 1.76 bits per heavy atom. The van der Waals surface area contributed by atoms with Crippen molar-refractivity contribution in [3.05, 3.63) is 64.8 Å². The second-order valence-corrected chi connectivity index (χ2v) is 11.1. The first-order valence-corrected chi connectivity index (χ1v) is 13.8. The number of halogens is 1. The highest BCUT2D eigenvalue weighted by Gasteiger charge is 2.47. The van der Waals surface area contributed by atoms with Gasteiger partial charge in [-0.15, -0.1) is 0 Å². The summed E-state index contributed by atoms with van der Waals surface area (Å²) in [7, 11) is 0. The molecule has 0 spiro atoms. The Kier molecular flexibility index (Phi) is 5.93. The third-order valence-corrected chi connectivity index (χ3v) is 8.54. The molecule has 7 rings (SSSR count). The molecule has 6 nitrogen and oxygen atoms in total. The Morgan fingerprint density at radius 3 is 2.49 bits per heavy atom. The molecule has 7 heteroatoms.